The smallest absolute Gasteiger partial charge is 0 e. The molecule has 0 unspecified atom stereocenters. The number of rotatable bonds is 0. The van der Waals surface area contributed by atoms with Crippen LogP contribution < -0.4 is 0 Å². The molecular formula is C10H7Hf-. The standard InChI is InChI=1S/C10H7.Hf/c1-2-5-9-7-4-8-10(9)6-3-1;/h1-7H;/q-1;. The van der Waals surface area contributed by atoms with Gasteiger partial charge in [0.1, 0.15) is 0 Å². The molecule has 0 aromatic heterocycles. The van der Waals surface area contributed by atoms with E-state index in [4.69, 9.17) is 0 Å². The van der Waals surface area contributed by atoms with Gasteiger partial charge in [-0.15, -0.1) is 29.8 Å². The molecule has 0 spiro atoms. The van der Waals surface area contributed by atoms with Gasteiger partial charge in [-0.05, 0) is 0 Å². The van der Waals surface area contributed by atoms with E-state index in [0.29, 0.717) is 0 Å². The second-order valence-corrected chi connectivity index (χ2v) is 2.26. The molecule has 0 radical (unpaired) electrons. The Morgan fingerprint density at radius 2 is 1.73 bits per heavy atom. The van der Waals surface area contributed by atoms with Crippen molar-refractivity contribution in [1.29, 1.82) is 0 Å². The first kappa shape index (κ1) is 8.66. The van der Waals surface area contributed by atoms with E-state index < -0.39 is 0 Å². The van der Waals surface area contributed by atoms with E-state index in [1.807, 2.05) is 24.3 Å². The molecule has 1 heteroatoms. The van der Waals surface area contributed by atoms with Crippen LogP contribution in [0.15, 0.2) is 42.5 Å². The van der Waals surface area contributed by atoms with Crippen molar-refractivity contribution in [2.75, 3.05) is 0 Å². The van der Waals surface area contributed by atoms with Crippen molar-refractivity contribution in [1.82, 2.24) is 0 Å². The van der Waals surface area contributed by atoms with Gasteiger partial charge in [-0.3, -0.25) is 0 Å². The first-order valence-corrected chi connectivity index (χ1v) is 3.32. The Morgan fingerprint density at radius 1 is 0.909 bits per heavy atom. The van der Waals surface area contributed by atoms with Crippen molar-refractivity contribution >= 4 is 0 Å². The summed E-state index contributed by atoms with van der Waals surface area (Å²) in [5.41, 5.74) is 2.44. The molecule has 0 bridgehead atoms. The van der Waals surface area contributed by atoms with Gasteiger partial charge in [-0.1, -0.05) is 12.1 Å². The van der Waals surface area contributed by atoms with E-state index in [0.717, 1.165) is 0 Å². The molecule has 52 valence electrons. The summed E-state index contributed by atoms with van der Waals surface area (Å²) < 4.78 is 0. The predicted octanol–water partition coefficient (Wildman–Crippen LogP) is 2.59. The number of hydrogen-bond donors (Lipinski definition) is 0. The summed E-state index contributed by atoms with van der Waals surface area (Å²) in [7, 11) is 0. The third kappa shape index (κ3) is 1.78. The van der Waals surface area contributed by atoms with E-state index in [-0.39, 0.29) is 25.8 Å². The molecule has 0 N–H and O–H groups in total. The van der Waals surface area contributed by atoms with Gasteiger partial charge < -0.3 is 0 Å². The fraction of sp³-hybridized carbons (Fsp3) is 0. The molecule has 0 amide bonds. The van der Waals surface area contributed by atoms with Crippen LogP contribution in [0.4, 0.5) is 0 Å². The molecule has 0 saturated heterocycles. The van der Waals surface area contributed by atoms with Gasteiger partial charge in [-0.25, -0.2) is 0 Å². The Labute approximate surface area is 85.4 Å². The molecule has 0 aromatic carbocycles. The summed E-state index contributed by atoms with van der Waals surface area (Å²) in [4.78, 5) is 0. The monoisotopic (exact) mass is 307 g/mol. The van der Waals surface area contributed by atoms with Crippen LogP contribution in [-0.4, -0.2) is 0 Å². The van der Waals surface area contributed by atoms with Crippen LogP contribution in [0.2, 0.25) is 0 Å². The topological polar surface area (TPSA) is 0 Å². The van der Waals surface area contributed by atoms with Crippen molar-refractivity contribution in [3.63, 3.8) is 0 Å². The summed E-state index contributed by atoms with van der Waals surface area (Å²) in [6.45, 7) is 0. The van der Waals surface area contributed by atoms with Crippen molar-refractivity contribution < 1.29 is 25.8 Å². The van der Waals surface area contributed by atoms with Crippen molar-refractivity contribution in [2.45, 2.75) is 0 Å². The van der Waals surface area contributed by atoms with Crippen LogP contribution in [0.5, 0.6) is 0 Å². The van der Waals surface area contributed by atoms with Gasteiger partial charge in [0.2, 0.25) is 0 Å². The fourth-order valence-electron chi connectivity index (χ4n) is 1.06. The first-order valence-electron chi connectivity index (χ1n) is 3.32. The maximum Gasteiger partial charge on any atom is 0 e. The average molecular weight is 306 g/mol. The van der Waals surface area contributed by atoms with Gasteiger partial charge in [0.15, 0.2) is 0 Å². The quantitative estimate of drug-likeness (QED) is 0.518. The Bertz CT molecular complexity index is 276. The Hall–Kier alpha value is -0.430. The minimum absolute atomic E-state index is 0. The molecule has 0 aliphatic heterocycles. The zero-order chi connectivity index (χ0) is 6.81. The zero-order valence-electron chi connectivity index (χ0n) is 6.04. The van der Waals surface area contributed by atoms with Gasteiger partial charge in [0.25, 0.3) is 0 Å². The van der Waals surface area contributed by atoms with Crippen LogP contribution in [-0.2, 0) is 25.8 Å². The molecule has 0 nitrogen and oxygen atoms in total. The second-order valence-electron chi connectivity index (χ2n) is 2.26. The van der Waals surface area contributed by atoms with Crippen molar-refractivity contribution in [2.24, 2.45) is 0 Å². The third-order valence-electron chi connectivity index (χ3n) is 1.57. The van der Waals surface area contributed by atoms with Crippen LogP contribution in [0.25, 0.3) is 11.1 Å². The number of hydrogen-bond acceptors (Lipinski definition) is 0. The van der Waals surface area contributed by atoms with E-state index in [9.17, 15) is 0 Å². The summed E-state index contributed by atoms with van der Waals surface area (Å²) in [6, 6.07) is 17.4. The van der Waals surface area contributed by atoms with Gasteiger partial charge in [0, 0.05) is 25.8 Å². The Kier molecular flexibility index (Phi) is 3.01. The average Bonchev–Trinajstić information content (AvgIpc) is 2.28. The molecule has 0 heterocycles. The van der Waals surface area contributed by atoms with E-state index in [2.05, 4.69) is 24.3 Å². The largest absolute Gasteiger partial charge is 0.168 e. The molecule has 0 atom stereocenters. The Balaban J connectivity index is 0.000000605. The SMILES string of the molecule is [Hf].[c-]1ccc2cccccc1-2. The van der Waals surface area contributed by atoms with Crippen LogP contribution in [0.1, 0.15) is 0 Å². The summed E-state index contributed by atoms with van der Waals surface area (Å²) in [6.07, 6.45) is 0. The molecule has 2 aliphatic carbocycles. The van der Waals surface area contributed by atoms with Crippen LogP contribution >= 0.6 is 0 Å². The fourth-order valence-corrected chi connectivity index (χ4v) is 1.06. The molecule has 0 aromatic rings. The molecule has 0 fully saturated rings. The molecular weight excluding hydrogens is 299 g/mol. The minimum Gasteiger partial charge on any atom is -0.168 e. The van der Waals surface area contributed by atoms with Gasteiger partial charge >= 0.3 is 0 Å². The van der Waals surface area contributed by atoms with E-state index >= 15 is 0 Å². The third-order valence-corrected chi connectivity index (χ3v) is 1.57. The summed E-state index contributed by atoms with van der Waals surface area (Å²) in [5, 5.41) is 0. The first-order chi connectivity index (χ1) is 4.97. The molecule has 2 aliphatic rings. The molecule has 11 heavy (non-hydrogen) atoms. The van der Waals surface area contributed by atoms with Crippen LogP contribution in [0, 0.1) is 6.07 Å². The zero-order valence-corrected chi connectivity index (χ0v) is 9.63. The maximum absolute atomic E-state index is 3.14. The maximum atomic E-state index is 3.14. The van der Waals surface area contributed by atoms with Crippen LogP contribution in [0.3, 0.4) is 0 Å². The minimum atomic E-state index is 0. The van der Waals surface area contributed by atoms with Crippen molar-refractivity contribution in [3.05, 3.63) is 48.5 Å². The normalized spacial score (nSPS) is 9.09. The molecule has 0 saturated carbocycles. The summed E-state index contributed by atoms with van der Waals surface area (Å²) in [5.74, 6) is 0. The summed E-state index contributed by atoms with van der Waals surface area (Å²) >= 11 is 0. The number of fused-ring (bicyclic) bond motifs is 1. The van der Waals surface area contributed by atoms with E-state index in [1.165, 1.54) is 11.1 Å². The van der Waals surface area contributed by atoms with E-state index in [1.54, 1.807) is 0 Å². The van der Waals surface area contributed by atoms with Gasteiger partial charge in [0.05, 0.1) is 0 Å². The Morgan fingerprint density at radius 3 is 2.64 bits per heavy atom. The molecule has 2 rings (SSSR count). The predicted molar refractivity (Wildman–Crippen MR) is 41.9 cm³/mol. The second kappa shape index (κ2) is 3.82. The van der Waals surface area contributed by atoms with Crippen molar-refractivity contribution in [3.8, 4) is 11.1 Å². The van der Waals surface area contributed by atoms with Gasteiger partial charge in [-0.2, -0.15) is 17.7 Å².